The third kappa shape index (κ3) is 4.25. The van der Waals surface area contributed by atoms with Crippen molar-refractivity contribution in [1.82, 2.24) is 15.1 Å². The van der Waals surface area contributed by atoms with E-state index in [9.17, 15) is 9.59 Å². The van der Waals surface area contributed by atoms with E-state index in [-0.39, 0.29) is 11.5 Å². The Morgan fingerprint density at radius 1 is 1.19 bits per heavy atom. The number of pyridine rings is 1. The molecule has 0 unspecified atom stereocenters. The summed E-state index contributed by atoms with van der Waals surface area (Å²) in [4.78, 5) is 34.8. The molecule has 0 aliphatic carbocycles. The van der Waals surface area contributed by atoms with Gasteiger partial charge in [-0.1, -0.05) is 50.1 Å². The number of hydrogen-bond donors (Lipinski definition) is 1. The predicted octanol–water partition coefficient (Wildman–Crippen LogP) is 3.71. The first-order valence-electron chi connectivity index (χ1n) is 10.6. The number of thioether (sulfide) groups is 1. The molecule has 0 radical (unpaired) electrons. The van der Waals surface area contributed by atoms with Crippen molar-refractivity contribution in [1.29, 1.82) is 0 Å². The van der Waals surface area contributed by atoms with Crippen molar-refractivity contribution in [3.8, 4) is 11.3 Å². The van der Waals surface area contributed by atoms with Crippen molar-refractivity contribution in [3.63, 3.8) is 0 Å². The topological polar surface area (TPSA) is 82.8 Å². The molecule has 8 heteroatoms. The molecule has 3 aromatic rings. The smallest absolute Gasteiger partial charge is 0.291 e. The fraction of sp³-hybridized carbons (Fsp3) is 0.348. The lowest BCUT2D eigenvalue weighted by atomic mass is 10.0. The van der Waals surface area contributed by atoms with E-state index in [1.54, 1.807) is 22.0 Å². The van der Waals surface area contributed by atoms with E-state index < -0.39 is 6.17 Å². The van der Waals surface area contributed by atoms with Crippen LogP contribution < -0.4 is 15.1 Å². The van der Waals surface area contributed by atoms with Gasteiger partial charge in [-0.15, -0.1) is 0 Å². The van der Waals surface area contributed by atoms with E-state index in [1.165, 1.54) is 31.5 Å². The van der Waals surface area contributed by atoms with Crippen molar-refractivity contribution in [2.75, 3.05) is 10.7 Å². The molecular formula is C23H26N5O2S+. The largest absolute Gasteiger partial charge is 0.325 e. The molecule has 2 aromatic heterocycles. The van der Waals surface area contributed by atoms with Gasteiger partial charge in [-0.05, 0) is 35.4 Å². The number of nitrogens with zero attached hydrogens (tertiary/aromatic N) is 4. The Hall–Kier alpha value is -3.00. The highest BCUT2D eigenvalue weighted by Gasteiger charge is 2.44. The van der Waals surface area contributed by atoms with E-state index in [4.69, 9.17) is 5.10 Å². The van der Waals surface area contributed by atoms with Crippen LogP contribution in [0.4, 0.5) is 5.69 Å². The molecule has 0 spiro atoms. The molecule has 0 bridgehead atoms. The summed E-state index contributed by atoms with van der Waals surface area (Å²) in [5.74, 6) is 0.752. The highest BCUT2D eigenvalue weighted by molar-refractivity contribution is 7.99. The summed E-state index contributed by atoms with van der Waals surface area (Å²) in [7, 11) is 0. The second-order valence-corrected chi connectivity index (χ2v) is 8.61. The van der Waals surface area contributed by atoms with Crippen molar-refractivity contribution in [2.45, 2.75) is 50.9 Å². The van der Waals surface area contributed by atoms with Crippen LogP contribution in [-0.4, -0.2) is 26.7 Å². The van der Waals surface area contributed by atoms with E-state index in [2.05, 4.69) is 16.9 Å². The lowest BCUT2D eigenvalue weighted by molar-refractivity contribution is -0.763. The highest BCUT2D eigenvalue weighted by atomic mass is 32.2. The van der Waals surface area contributed by atoms with E-state index in [0.717, 1.165) is 24.2 Å². The molecule has 3 heterocycles. The van der Waals surface area contributed by atoms with Crippen LogP contribution in [0, 0.1) is 0 Å². The molecule has 1 N–H and O–H groups in total. The predicted molar refractivity (Wildman–Crippen MR) is 121 cm³/mol. The summed E-state index contributed by atoms with van der Waals surface area (Å²) in [6.45, 7) is 3.71. The number of para-hydroxylation sites is 1. The Morgan fingerprint density at radius 3 is 2.77 bits per heavy atom. The van der Waals surface area contributed by atoms with Gasteiger partial charge in [0.1, 0.15) is 0 Å². The second-order valence-electron chi connectivity index (χ2n) is 7.53. The summed E-state index contributed by atoms with van der Waals surface area (Å²) >= 11 is 1.54. The van der Waals surface area contributed by atoms with E-state index in [1.807, 2.05) is 36.4 Å². The van der Waals surface area contributed by atoms with Crippen LogP contribution in [0.3, 0.4) is 0 Å². The lowest BCUT2D eigenvalue weighted by Gasteiger charge is -2.31. The number of carbonyl (C=O) groups excluding carboxylic acids is 1. The monoisotopic (exact) mass is 436 g/mol. The number of hydrogen-bond acceptors (Lipinski definition) is 5. The zero-order valence-electron chi connectivity index (χ0n) is 17.7. The van der Waals surface area contributed by atoms with Crippen molar-refractivity contribution >= 4 is 23.4 Å². The van der Waals surface area contributed by atoms with Crippen LogP contribution in [0.2, 0.25) is 0 Å². The molecule has 1 aliphatic rings. The number of nitrogens with one attached hydrogen (secondary N) is 1. The maximum Gasteiger partial charge on any atom is 0.325 e. The first-order chi connectivity index (χ1) is 15.1. The minimum atomic E-state index is -0.585. The summed E-state index contributed by atoms with van der Waals surface area (Å²) in [5, 5.41) is 5.34. The number of amides is 1. The van der Waals surface area contributed by atoms with Crippen LogP contribution in [0.15, 0.2) is 58.7 Å². The average molecular weight is 437 g/mol. The fourth-order valence-electron chi connectivity index (χ4n) is 3.90. The van der Waals surface area contributed by atoms with Gasteiger partial charge in [-0.3, -0.25) is 19.6 Å². The Morgan fingerprint density at radius 2 is 2.03 bits per heavy atom. The standard InChI is InChI=1S/C23H25N5O2S/c1-3-4-5-8-14-31-23-25-21(30)20-18-11-6-7-12-19(18)27(16(2)29)22(28(20)26-23)17-10-9-13-24-15-17/h6-7,9-13,15,22H,3-5,8,14H2,1-2H3/p+1/t22-/m1/s1. The number of H-pyrrole nitrogens is 1. The van der Waals surface area contributed by atoms with Gasteiger partial charge in [-0.25, -0.2) is 4.90 Å². The number of unbranched alkanes of at least 4 members (excludes halogenated alkanes) is 3. The Bertz CT molecular complexity index is 1130. The Labute approximate surface area is 185 Å². The van der Waals surface area contributed by atoms with Gasteiger partial charge in [0.15, 0.2) is 0 Å². The normalized spacial score (nSPS) is 14.8. The average Bonchev–Trinajstić information content (AvgIpc) is 2.78. The lowest BCUT2D eigenvalue weighted by Crippen LogP contribution is -2.60. The summed E-state index contributed by atoms with van der Waals surface area (Å²) in [5.41, 5.74) is 2.39. The van der Waals surface area contributed by atoms with Crippen LogP contribution in [0.1, 0.15) is 51.3 Å². The number of rotatable bonds is 7. The molecule has 0 saturated heterocycles. The maximum atomic E-state index is 13.2. The van der Waals surface area contributed by atoms with Gasteiger partial charge in [0.05, 0.1) is 16.8 Å². The second kappa shape index (κ2) is 9.43. The van der Waals surface area contributed by atoms with Gasteiger partial charge in [-0.2, -0.15) is 0 Å². The molecule has 1 aromatic carbocycles. The molecular weight excluding hydrogens is 410 g/mol. The molecule has 0 fully saturated rings. The Kier molecular flexibility index (Phi) is 6.46. The number of anilines is 1. The van der Waals surface area contributed by atoms with Gasteiger partial charge < -0.3 is 0 Å². The molecule has 7 nitrogen and oxygen atoms in total. The molecule has 160 valence electrons. The van der Waals surface area contributed by atoms with Crippen molar-refractivity contribution in [2.24, 2.45) is 0 Å². The van der Waals surface area contributed by atoms with Crippen LogP contribution in [0.5, 0.6) is 0 Å². The number of carbonyl (C=O) groups is 1. The van der Waals surface area contributed by atoms with Gasteiger partial charge in [0.25, 0.3) is 6.17 Å². The molecule has 4 rings (SSSR count). The van der Waals surface area contributed by atoms with Gasteiger partial charge >= 0.3 is 11.3 Å². The highest BCUT2D eigenvalue weighted by Crippen LogP contribution is 2.36. The number of fused-ring (bicyclic) bond motifs is 3. The third-order valence-corrected chi connectivity index (χ3v) is 6.27. The number of aromatic nitrogens is 4. The molecule has 1 amide bonds. The first kappa shape index (κ1) is 21.2. The first-order valence-corrected chi connectivity index (χ1v) is 11.6. The summed E-state index contributed by atoms with van der Waals surface area (Å²) < 4.78 is 1.67. The molecule has 0 saturated carbocycles. The Balaban J connectivity index is 1.83. The minimum Gasteiger partial charge on any atom is -0.291 e. The van der Waals surface area contributed by atoms with Crippen LogP contribution in [0.25, 0.3) is 11.3 Å². The minimum absolute atomic E-state index is 0.129. The quantitative estimate of drug-likeness (QED) is 0.347. The van der Waals surface area contributed by atoms with Crippen molar-refractivity contribution in [3.05, 3.63) is 64.7 Å². The fourth-order valence-corrected chi connectivity index (χ4v) is 4.76. The zero-order chi connectivity index (χ0) is 21.8. The number of benzene rings is 1. The molecule has 1 aliphatic heterocycles. The maximum absolute atomic E-state index is 13.2. The van der Waals surface area contributed by atoms with Crippen LogP contribution in [-0.2, 0) is 4.79 Å². The zero-order valence-corrected chi connectivity index (χ0v) is 18.6. The third-order valence-electron chi connectivity index (χ3n) is 5.32. The van der Waals surface area contributed by atoms with E-state index >= 15 is 0 Å². The van der Waals surface area contributed by atoms with Crippen LogP contribution >= 0.6 is 11.8 Å². The SMILES string of the molecule is CCCCCCSc1n[n+]2c(c(=O)[nH]1)-c1ccccc1N(C(C)=O)[C@H]2c1cccnc1. The number of aromatic amines is 1. The molecule has 31 heavy (non-hydrogen) atoms. The molecule has 1 atom stereocenters. The summed E-state index contributed by atoms with van der Waals surface area (Å²) in [6.07, 6.45) is 7.43. The van der Waals surface area contributed by atoms with E-state index in [0.29, 0.717) is 22.1 Å². The van der Waals surface area contributed by atoms with Crippen molar-refractivity contribution < 1.29 is 9.48 Å². The van der Waals surface area contributed by atoms with Gasteiger partial charge in [0, 0.05) is 30.2 Å². The summed E-state index contributed by atoms with van der Waals surface area (Å²) in [6, 6.07) is 11.2. The van der Waals surface area contributed by atoms with Gasteiger partial charge in [0.2, 0.25) is 11.1 Å².